The van der Waals surface area contributed by atoms with Gasteiger partial charge in [-0.3, -0.25) is 4.79 Å². The summed E-state index contributed by atoms with van der Waals surface area (Å²) in [5.41, 5.74) is 1.31. The molecule has 80 valence electrons. The molecule has 1 amide bonds. The summed E-state index contributed by atoms with van der Waals surface area (Å²) in [6, 6.07) is 0. The number of hydrogen-bond acceptors (Lipinski definition) is 1. The number of carbonyl (C=O) groups is 1. The molecule has 0 aromatic rings. The number of nitrogens with zero attached hydrogens (tertiary/aromatic N) is 1. The van der Waals surface area contributed by atoms with Crippen molar-refractivity contribution in [2.45, 2.75) is 40.0 Å². The normalized spacial score (nSPS) is 19.9. The van der Waals surface area contributed by atoms with E-state index in [-0.39, 0.29) is 5.92 Å². The molecule has 0 N–H and O–H groups in total. The summed E-state index contributed by atoms with van der Waals surface area (Å²) in [5, 5.41) is 0. The molecule has 0 aromatic carbocycles. The lowest BCUT2D eigenvalue weighted by Gasteiger charge is -2.18. The van der Waals surface area contributed by atoms with E-state index in [1.54, 1.807) is 0 Å². The molecule has 1 fully saturated rings. The monoisotopic (exact) mass is 195 g/mol. The van der Waals surface area contributed by atoms with E-state index in [0.717, 1.165) is 19.5 Å². The third-order valence-electron chi connectivity index (χ3n) is 2.90. The Labute approximate surface area is 87.0 Å². The van der Waals surface area contributed by atoms with Crippen molar-refractivity contribution in [2.75, 3.05) is 13.1 Å². The van der Waals surface area contributed by atoms with Crippen molar-refractivity contribution in [1.82, 2.24) is 4.90 Å². The van der Waals surface area contributed by atoms with Crippen molar-refractivity contribution in [3.8, 4) is 0 Å². The molecule has 14 heavy (non-hydrogen) atoms. The first-order chi connectivity index (χ1) is 6.65. The molecule has 0 aliphatic carbocycles. The highest BCUT2D eigenvalue weighted by molar-refractivity contribution is 5.80. The number of amides is 1. The van der Waals surface area contributed by atoms with Gasteiger partial charge in [0.15, 0.2) is 0 Å². The van der Waals surface area contributed by atoms with E-state index in [0.29, 0.717) is 5.91 Å². The lowest BCUT2D eigenvalue weighted by atomic mass is 10.1. The maximum absolute atomic E-state index is 11.9. The van der Waals surface area contributed by atoms with Crippen LogP contribution >= 0.6 is 0 Å². The molecule has 0 unspecified atom stereocenters. The van der Waals surface area contributed by atoms with E-state index in [9.17, 15) is 4.79 Å². The molecule has 1 heterocycles. The Kier molecular flexibility index (Phi) is 4.18. The molecule has 1 atom stereocenters. The second-order valence-corrected chi connectivity index (χ2v) is 4.19. The van der Waals surface area contributed by atoms with Crippen molar-refractivity contribution in [3.63, 3.8) is 0 Å². The number of hydrogen-bond donors (Lipinski definition) is 0. The molecule has 0 radical (unpaired) electrons. The van der Waals surface area contributed by atoms with E-state index in [1.165, 1.54) is 18.4 Å². The summed E-state index contributed by atoms with van der Waals surface area (Å²) in [6.07, 6.45) is 5.49. The van der Waals surface area contributed by atoms with Gasteiger partial charge < -0.3 is 4.90 Å². The highest BCUT2D eigenvalue weighted by Gasteiger charge is 2.21. The molecular weight excluding hydrogens is 174 g/mol. The zero-order valence-corrected chi connectivity index (χ0v) is 9.55. The predicted molar refractivity (Wildman–Crippen MR) is 59.0 cm³/mol. The molecule has 1 saturated heterocycles. The summed E-state index contributed by atoms with van der Waals surface area (Å²) in [5.74, 6) is 0.364. The molecule has 0 spiro atoms. The molecule has 0 saturated carbocycles. The Hall–Kier alpha value is -0.790. The Morgan fingerprint density at radius 3 is 2.50 bits per heavy atom. The molecule has 0 aromatic heterocycles. The highest BCUT2D eigenvalue weighted by atomic mass is 16.2. The van der Waals surface area contributed by atoms with E-state index < -0.39 is 0 Å². The lowest BCUT2D eigenvalue weighted by molar-refractivity contribution is -0.132. The molecule has 1 rings (SSSR count). The van der Waals surface area contributed by atoms with E-state index >= 15 is 0 Å². The maximum Gasteiger partial charge on any atom is 0.229 e. The van der Waals surface area contributed by atoms with Gasteiger partial charge in [-0.2, -0.15) is 0 Å². The SMILES string of the molecule is CC/C(C)=C/[C@@H](C)C(=O)N1CCCC1. The summed E-state index contributed by atoms with van der Waals surface area (Å²) >= 11 is 0. The first-order valence-electron chi connectivity index (χ1n) is 5.61. The van der Waals surface area contributed by atoms with E-state index in [1.807, 2.05) is 11.8 Å². The first-order valence-corrected chi connectivity index (χ1v) is 5.61. The zero-order valence-electron chi connectivity index (χ0n) is 9.55. The topological polar surface area (TPSA) is 20.3 Å². The van der Waals surface area contributed by atoms with Crippen LogP contribution in [0.4, 0.5) is 0 Å². The van der Waals surface area contributed by atoms with Gasteiger partial charge in [-0.15, -0.1) is 0 Å². The van der Waals surface area contributed by atoms with Gasteiger partial charge in [0.2, 0.25) is 5.91 Å². The van der Waals surface area contributed by atoms with Gasteiger partial charge in [0.05, 0.1) is 5.92 Å². The summed E-state index contributed by atoms with van der Waals surface area (Å²) in [4.78, 5) is 13.9. The fraction of sp³-hybridized carbons (Fsp3) is 0.750. The number of rotatable bonds is 3. The Morgan fingerprint density at radius 1 is 1.43 bits per heavy atom. The second-order valence-electron chi connectivity index (χ2n) is 4.19. The van der Waals surface area contributed by atoms with Crippen LogP contribution in [0.15, 0.2) is 11.6 Å². The van der Waals surface area contributed by atoms with Gasteiger partial charge >= 0.3 is 0 Å². The van der Waals surface area contributed by atoms with Gasteiger partial charge in [0.25, 0.3) is 0 Å². The van der Waals surface area contributed by atoms with Gasteiger partial charge in [0, 0.05) is 13.1 Å². The first kappa shape index (κ1) is 11.3. The van der Waals surface area contributed by atoms with Crippen LogP contribution in [0.25, 0.3) is 0 Å². The Bertz CT molecular complexity index is 226. The number of allylic oxidation sites excluding steroid dienone is 1. The molecule has 2 nitrogen and oxygen atoms in total. The second kappa shape index (κ2) is 5.18. The quantitative estimate of drug-likeness (QED) is 0.634. The summed E-state index contributed by atoms with van der Waals surface area (Å²) in [7, 11) is 0. The average Bonchev–Trinajstić information content (AvgIpc) is 2.69. The largest absolute Gasteiger partial charge is 0.342 e. The molecule has 1 aliphatic heterocycles. The average molecular weight is 195 g/mol. The predicted octanol–water partition coefficient (Wildman–Crippen LogP) is 2.60. The van der Waals surface area contributed by atoms with Crippen LogP contribution in [0.3, 0.4) is 0 Å². The minimum Gasteiger partial charge on any atom is -0.342 e. The Balaban J connectivity index is 2.51. The minimum atomic E-state index is 0.0630. The van der Waals surface area contributed by atoms with E-state index in [4.69, 9.17) is 0 Å². The molecular formula is C12H21NO. The van der Waals surface area contributed by atoms with Crippen LogP contribution in [0.2, 0.25) is 0 Å². The van der Waals surface area contributed by atoms with Crippen molar-refractivity contribution >= 4 is 5.91 Å². The van der Waals surface area contributed by atoms with Crippen LogP contribution in [0, 0.1) is 5.92 Å². The molecule has 1 aliphatic rings. The third-order valence-corrected chi connectivity index (χ3v) is 2.90. The van der Waals surface area contributed by atoms with Gasteiger partial charge in [-0.05, 0) is 26.2 Å². The van der Waals surface area contributed by atoms with Crippen LogP contribution in [-0.4, -0.2) is 23.9 Å². The van der Waals surface area contributed by atoms with Gasteiger partial charge in [0.1, 0.15) is 0 Å². The van der Waals surface area contributed by atoms with Crippen molar-refractivity contribution in [3.05, 3.63) is 11.6 Å². The number of carbonyl (C=O) groups excluding carboxylic acids is 1. The zero-order chi connectivity index (χ0) is 10.6. The summed E-state index contributed by atoms with van der Waals surface area (Å²) in [6.45, 7) is 8.14. The molecule has 2 heteroatoms. The molecule has 0 bridgehead atoms. The maximum atomic E-state index is 11.9. The van der Waals surface area contributed by atoms with Crippen molar-refractivity contribution < 1.29 is 4.79 Å². The fourth-order valence-electron chi connectivity index (χ4n) is 1.84. The van der Waals surface area contributed by atoms with Crippen LogP contribution in [-0.2, 0) is 4.79 Å². The van der Waals surface area contributed by atoms with Crippen LogP contribution < -0.4 is 0 Å². The van der Waals surface area contributed by atoms with Crippen molar-refractivity contribution in [2.24, 2.45) is 5.92 Å². The van der Waals surface area contributed by atoms with Crippen LogP contribution in [0.5, 0.6) is 0 Å². The third kappa shape index (κ3) is 2.86. The standard InChI is InChI=1S/C12H21NO/c1-4-10(2)9-11(3)12(14)13-7-5-6-8-13/h9,11H,4-8H2,1-3H3/b10-9+/t11-/m1/s1. The summed E-state index contributed by atoms with van der Waals surface area (Å²) < 4.78 is 0. The van der Waals surface area contributed by atoms with Crippen molar-refractivity contribution in [1.29, 1.82) is 0 Å². The van der Waals surface area contributed by atoms with Crippen LogP contribution in [0.1, 0.15) is 40.0 Å². The fourth-order valence-corrected chi connectivity index (χ4v) is 1.84. The van der Waals surface area contributed by atoms with Gasteiger partial charge in [-0.25, -0.2) is 0 Å². The highest BCUT2D eigenvalue weighted by Crippen LogP contribution is 2.14. The Morgan fingerprint density at radius 2 is 2.00 bits per heavy atom. The minimum absolute atomic E-state index is 0.0630. The lowest BCUT2D eigenvalue weighted by Crippen LogP contribution is -2.31. The smallest absolute Gasteiger partial charge is 0.229 e. The van der Waals surface area contributed by atoms with E-state index in [2.05, 4.69) is 19.9 Å². The number of likely N-dealkylation sites (tertiary alicyclic amines) is 1. The van der Waals surface area contributed by atoms with Gasteiger partial charge in [-0.1, -0.05) is 25.5 Å².